The molecule has 1 aromatic heterocycles. The van der Waals surface area contributed by atoms with E-state index in [0.717, 1.165) is 72.8 Å². The summed E-state index contributed by atoms with van der Waals surface area (Å²) in [6, 6.07) is 5.38. The van der Waals surface area contributed by atoms with Crippen molar-refractivity contribution in [2.24, 2.45) is 11.3 Å². The Labute approximate surface area is 371 Å². The zero-order valence-corrected chi connectivity index (χ0v) is 39.5. The van der Waals surface area contributed by atoms with Crippen molar-refractivity contribution in [3.63, 3.8) is 0 Å². The number of carbonyl (C=O) groups is 3. The minimum atomic E-state index is -3.88. The molecule has 0 spiro atoms. The second-order valence-electron chi connectivity index (χ2n) is 19.2. The number of nitrogens with zero attached hydrogens (tertiary/aromatic N) is 1. The summed E-state index contributed by atoms with van der Waals surface area (Å²) in [7, 11) is -3.88. The van der Waals surface area contributed by atoms with Gasteiger partial charge in [-0.25, -0.2) is 0 Å². The fourth-order valence-corrected chi connectivity index (χ4v) is 12.6. The average molecular weight is 978 g/mol. The molecule has 338 valence electrons. The summed E-state index contributed by atoms with van der Waals surface area (Å²) >= 11 is -0.921. The summed E-state index contributed by atoms with van der Waals surface area (Å²) in [4.78, 5) is 59.4. The van der Waals surface area contributed by atoms with Crippen molar-refractivity contribution in [2.75, 3.05) is 26.4 Å². The predicted octanol–water partition coefficient (Wildman–Crippen LogP) is 1.29. The van der Waals surface area contributed by atoms with Gasteiger partial charge in [0.25, 0.3) is 5.56 Å². The Morgan fingerprint density at radius 1 is 1.11 bits per heavy atom. The minimum absolute atomic E-state index is 0.0741. The summed E-state index contributed by atoms with van der Waals surface area (Å²) in [5.74, 6) is -0.180. The molecule has 61 heavy (non-hydrogen) atoms. The molecule has 3 heterocycles. The Balaban J connectivity index is 0.858. The second-order valence-corrected chi connectivity index (χ2v) is 25.1. The summed E-state index contributed by atoms with van der Waals surface area (Å²) in [5.41, 5.74) is 2.06. The number of ether oxygens (including phenoxy) is 2. The standard InChI is InChI=1S/C45H66IN6O8S/c1-7-36-45(46-36,42(56)51-61(57,58)44(6)20-21-44)50-40(54)34-15-11-23-52(34)41(55)38(43(3,4)5)48-27-60-35-26-29(35)13-9-8-10-14-32-37(59-24-12-22-47-30-17-18-30)31-19-16-28(2)25-33(31)49-39(32)53/h7,16,19,25,29-30,34-36,38,47-48H,1,8-15,17-18,20-24,26-27H2,2-6H3,(H,49,53)(H,50,54)(H,51,56)/q-1/t29-,34+,35?,36+,38-,45-/m1/s1. The van der Waals surface area contributed by atoms with Gasteiger partial charge in [0.05, 0.1) is 17.7 Å². The Bertz CT molecular complexity index is 2150. The van der Waals surface area contributed by atoms with Gasteiger partial charge in [0, 0.05) is 11.4 Å². The molecule has 6 atom stereocenters. The maximum atomic E-state index is 14.2. The summed E-state index contributed by atoms with van der Waals surface area (Å²) in [6.45, 7) is 15.5. The van der Waals surface area contributed by atoms with Gasteiger partial charge in [-0.3, -0.25) is 4.79 Å². The monoisotopic (exact) mass is 977 g/mol. The van der Waals surface area contributed by atoms with E-state index in [1.54, 1.807) is 17.9 Å². The molecule has 5 N–H and O–H groups in total. The number of hydrogen-bond donors (Lipinski definition) is 5. The average Bonchev–Trinajstić information content (AvgIpc) is 4.05. The number of carbonyl (C=O) groups excluding carboxylic acids is 3. The number of pyridine rings is 1. The Kier molecular flexibility index (Phi) is 14.0. The number of aromatic nitrogens is 1. The normalized spacial score (nSPS) is 26.0. The van der Waals surface area contributed by atoms with Crippen LogP contribution in [0.3, 0.4) is 0 Å². The van der Waals surface area contributed by atoms with Crippen LogP contribution in [0.2, 0.25) is 0 Å². The summed E-state index contributed by atoms with van der Waals surface area (Å²) in [5, 5.41) is 10.7. The molecule has 1 unspecified atom stereocenters. The van der Waals surface area contributed by atoms with Crippen molar-refractivity contribution in [3.8, 4) is 5.75 Å². The molecule has 3 saturated carbocycles. The molecular weight excluding hydrogens is 911 g/mol. The maximum absolute atomic E-state index is 14.2. The number of rotatable bonds is 23. The SMILES string of the molecule is C=C[C@@H]1[I-][C@]1(NC(=O)[C@@H]1CCCN1C(=O)[C@@H](NCOC1C[C@H]1CCCCCc1c(OCCCNC2CC2)c2ccc(C)cc2[nH]c1=O)C(C)(C)C)C(=O)NS(=O)(=O)C1(C)CC1. The van der Waals surface area contributed by atoms with E-state index < -0.39 is 68.8 Å². The first-order chi connectivity index (χ1) is 29.0. The van der Waals surface area contributed by atoms with Gasteiger partial charge in [0.15, 0.2) is 0 Å². The molecule has 2 aromatic rings. The van der Waals surface area contributed by atoms with Crippen LogP contribution in [0.15, 0.2) is 35.6 Å². The van der Waals surface area contributed by atoms with Crippen molar-refractivity contribution >= 4 is 38.6 Å². The van der Waals surface area contributed by atoms with Crippen LogP contribution in [0.25, 0.3) is 10.9 Å². The zero-order chi connectivity index (χ0) is 43.7. The fraction of sp³-hybridized carbons (Fsp3) is 0.689. The number of H-pyrrole nitrogens is 1. The van der Waals surface area contributed by atoms with Crippen molar-refractivity contribution in [1.29, 1.82) is 0 Å². The third-order valence-electron chi connectivity index (χ3n) is 13.0. The first-order valence-corrected chi connectivity index (χ1v) is 26.1. The first kappa shape index (κ1) is 45.9. The number of benzene rings is 1. The molecule has 16 heteroatoms. The van der Waals surface area contributed by atoms with E-state index >= 15 is 0 Å². The quantitative estimate of drug-likeness (QED) is 0.0272. The molecule has 1 aromatic carbocycles. The fourth-order valence-electron chi connectivity index (χ4n) is 8.45. The Morgan fingerprint density at radius 2 is 1.89 bits per heavy atom. The van der Waals surface area contributed by atoms with Crippen molar-refractivity contribution in [3.05, 3.63) is 52.3 Å². The van der Waals surface area contributed by atoms with Gasteiger partial charge in [0.1, 0.15) is 5.75 Å². The van der Waals surface area contributed by atoms with Gasteiger partial charge in [0.2, 0.25) is 0 Å². The molecule has 5 fully saturated rings. The predicted molar refractivity (Wildman–Crippen MR) is 231 cm³/mol. The number of alkyl halides is 2. The number of amides is 3. The number of nitrogens with one attached hydrogen (secondary N) is 5. The number of unbranched alkanes of at least 4 members (excludes halogenated alkanes) is 2. The number of likely N-dealkylation sites (tertiary alicyclic amines) is 1. The van der Waals surface area contributed by atoms with Crippen LogP contribution in [-0.2, 0) is 35.6 Å². The van der Waals surface area contributed by atoms with E-state index in [4.69, 9.17) is 9.47 Å². The molecule has 0 bridgehead atoms. The van der Waals surface area contributed by atoms with Crippen LogP contribution < -0.4 is 52.2 Å². The molecule has 2 saturated heterocycles. The van der Waals surface area contributed by atoms with E-state index in [9.17, 15) is 27.6 Å². The van der Waals surface area contributed by atoms with Crippen LogP contribution in [0.5, 0.6) is 5.75 Å². The van der Waals surface area contributed by atoms with Crippen molar-refractivity contribution in [2.45, 2.75) is 155 Å². The summed E-state index contributed by atoms with van der Waals surface area (Å²) in [6.07, 6.45) is 12.7. The Morgan fingerprint density at radius 3 is 2.57 bits per heavy atom. The third kappa shape index (κ3) is 10.8. The number of hydrogen-bond acceptors (Lipinski definition) is 10. The first-order valence-electron chi connectivity index (χ1n) is 22.3. The molecule has 3 amide bonds. The van der Waals surface area contributed by atoms with Crippen LogP contribution in [0, 0.1) is 18.3 Å². The zero-order valence-electron chi connectivity index (χ0n) is 36.5. The van der Waals surface area contributed by atoms with Crippen LogP contribution in [-0.4, -0.2) is 98.9 Å². The number of fused-ring (bicyclic) bond motifs is 1. The molecule has 14 nitrogen and oxygen atoms in total. The number of sulfonamides is 1. The van der Waals surface area contributed by atoms with Gasteiger partial charge in [-0.2, -0.15) is 0 Å². The van der Waals surface area contributed by atoms with Gasteiger partial charge >= 0.3 is 224 Å². The molecule has 3 aliphatic carbocycles. The topological polar surface area (TPSA) is 188 Å². The molecule has 0 radical (unpaired) electrons. The van der Waals surface area contributed by atoms with E-state index in [2.05, 4.69) is 38.3 Å². The van der Waals surface area contributed by atoms with Gasteiger partial charge in [-0.05, 0) is 69.7 Å². The van der Waals surface area contributed by atoms with E-state index in [1.165, 1.54) is 12.8 Å². The second kappa shape index (κ2) is 18.6. The van der Waals surface area contributed by atoms with E-state index in [-0.39, 0.29) is 28.2 Å². The number of aromatic amines is 1. The number of aryl methyl sites for hydroxylation is 1. The molecule has 5 aliphatic rings. The molecular formula is C45H66IN6O8S-. The molecule has 2 aliphatic heterocycles. The van der Waals surface area contributed by atoms with Gasteiger partial charge in [-0.1, -0.05) is 18.9 Å². The Hall–Kier alpha value is -3.06. The summed E-state index contributed by atoms with van der Waals surface area (Å²) < 4.78 is 38.0. The van der Waals surface area contributed by atoms with Crippen molar-refractivity contribution < 1.29 is 53.5 Å². The van der Waals surface area contributed by atoms with Gasteiger partial charge < -0.3 is 15.0 Å². The van der Waals surface area contributed by atoms with Crippen LogP contribution in [0.1, 0.15) is 116 Å². The van der Waals surface area contributed by atoms with Gasteiger partial charge in [-0.15, -0.1) is 0 Å². The number of halogens is 1. The molecule has 7 rings (SSSR count). The van der Waals surface area contributed by atoms with E-state index in [0.29, 0.717) is 57.2 Å². The third-order valence-corrected chi connectivity index (χ3v) is 19.0. The van der Waals surface area contributed by atoms with Crippen LogP contribution >= 0.6 is 0 Å². The van der Waals surface area contributed by atoms with E-state index in [1.807, 2.05) is 39.8 Å². The van der Waals surface area contributed by atoms with Crippen LogP contribution in [0.4, 0.5) is 0 Å². The van der Waals surface area contributed by atoms with Crippen molar-refractivity contribution in [1.82, 2.24) is 30.6 Å².